The van der Waals surface area contributed by atoms with Crippen molar-refractivity contribution >= 4 is 95.0 Å². The second kappa shape index (κ2) is 10.9. The van der Waals surface area contributed by atoms with Gasteiger partial charge in [-0.15, -0.1) is 0 Å². The standard InChI is InChI=1S/C24H15Br2ClINO3S/c25-19-9-16(10-20(26)22(19)32-13-15-3-7-18(28)8-4-15)11-21-23(30)29(24(31)33-21)12-14-1-5-17(27)6-2-14/h1-11H,12-13H2/b21-11+. The van der Waals surface area contributed by atoms with Crippen LogP contribution in [0.2, 0.25) is 5.02 Å². The van der Waals surface area contributed by atoms with Crippen molar-refractivity contribution in [2.24, 2.45) is 0 Å². The van der Waals surface area contributed by atoms with Crippen LogP contribution in [0.15, 0.2) is 74.5 Å². The highest BCUT2D eigenvalue weighted by atomic mass is 127. The van der Waals surface area contributed by atoms with E-state index in [0.717, 1.165) is 37.4 Å². The van der Waals surface area contributed by atoms with Gasteiger partial charge in [-0.05, 0) is 125 Å². The molecule has 1 fully saturated rings. The molecule has 168 valence electrons. The Balaban J connectivity index is 1.49. The Morgan fingerprint density at radius 1 is 0.970 bits per heavy atom. The molecule has 0 spiro atoms. The fraction of sp³-hybridized carbons (Fsp3) is 0.0833. The van der Waals surface area contributed by atoms with Crippen molar-refractivity contribution in [2.75, 3.05) is 0 Å². The molecule has 1 aliphatic rings. The summed E-state index contributed by atoms with van der Waals surface area (Å²) in [6.45, 7) is 0.634. The van der Waals surface area contributed by atoms with Gasteiger partial charge in [0, 0.05) is 8.59 Å². The number of benzene rings is 3. The quantitative estimate of drug-likeness (QED) is 0.190. The SMILES string of the molecule is O=C1S/C(=C/c2cc(Br)c(OCc3ccc(I)cc3)c(Br)c2)C(=O)N1Cc1ccc(Cl)cc1. The van der Waals surface area contributed by atoms with E-state index in [1.807, 2.05) is 36.4 Å². The molecule has 4 nitrogen and oxygen atoms in total. The average Bonchev–Trinajstić information content (AvgIpc) is 3.03. The van der Waals surface area contributed by atoms with E-state index in [-0.39, 0.29) is 17.7 Å². The van der Waals surface area contributed by atoms with E-state index in [1.165, 1.54) is 8.47 Å². The summed E-state index contributed by atoms with van der Waals surface area (Å²) in [5.41, 5.74) is 2.67. The van der Waals surface area contributed by atoms with Gasteiger partial charge in [-0.2, -0.15) is 0 Å². The summed E-state index contributed by atoms with van der Waals surface area (Å²) >= 11 is 16.2. The summed E-state index contributed by atoms with van der Waals surface area (Å²) in [5, 5.41) is 0.312. The molecule has 0 bridgehead atoms. The van der Waals surface area contributed by atoms with E-state index in [4.69, 9.17) is 16.3 Å². The molecule has 4 rings (SSSR count). The number of imide groups is 1. The van der Waals surface area contributed by atoms with Gasteiger partial charge in [-0.1, -0.05) is 35.9 Å². The van der Waals surface area contributed by atoms with Gasteiger partial charge in [0.05, 0.1) is 20.4 Å². The molecular formula is C24H15Br2ClINO3S. The number of halogens is 4. The average molecular weight is 720 g/mol. The maximum atomic E-state index is 12.9. The highest BCUT2D eigenvalue weighted by molar-refractivity contribution is 14.1. The summed E-state index contributed by atoms with van der Waals surface area (Å²) in [4.78, 5) is 26.9. The third-order valence-electron chi connectivity index (χ3n) is 4.74. The van der Waals surface area contributed by atoms with Gasteiger partial charge in [0.2, 0.25) is 0 Å². The van der Waals surface area contributed by atoms with Gasteiger partial charge >= 0.3 is 0 Å². The van der Waals surface area contributed by atoms with Crippen LogP contribution in [0, 0.1) is 3.57 Å². The van der Waals surface area contributed by atoms with E-state index < -0.39 is 0 Å². The number of hydrogen-bond donors (Lipinski definition) is 0. The molecule has 9 heteroatoms. The van der Waals surface area contributed by atoms with Crippen LogP contribution in [0.4, 0.5) is 4.79 Å². The zero-order valence-electron chi connectivity index (χ0n) is 16.9. The molecule has 1 saturated heterocycles. The molecule has 0 aliphatic carbocycles. The minimum atomic E-state index is -0.314. The summed E-state index contributed by atoms with van der Waals surface area (Å²) in [6, 6.07) is 18.9. The van der Waals surface area contributed by atoms with Crippen LogP contribution < -0.4 is 4.74 Å². The molecule has 0 aromatic heterocycles. The second-order valence-corrected chi connectivity index (χ2v) is 11.5. The number of amides is 2. The molecule has 0 unspecified atom stereocenters. The first kappa shape index (κ1) is 24.8. The highest BCUT2D eigenvalue weighted by Crippen LogP contribution is 2.38. The predicted molar refractivity (Wildman–Crippen MR) is 148 cm³/mol. The topological polar surface area (TPSA) is 46.6 Å². The molecule has 3 aromatic carbocycles. The zero-order chi connectivity index (χ0) is 23.5. The van der Waals surface area contributed by atoms with Crippen molar-refractivity contribution in [3.05, 3.63) is 99.8 Å². The van der Waals surface area contributed by atoms with Gasteiger partial charge in [-0.3, -0.25) is 14.5 Å². The Morgan fingerprint density at radius 2 is 1.58 bits per heavy atom. The highest BCUT2D eigenvalue weighted by Gasteiger charge is 2.35. The number of ether oxygens (including phenoxy) is 1. The number of rotatable bonds is 6. The van der Waals surface area contributed by atoms with Crippen molar-refractivity contribution in [1.29, 1.82) is 0 Å². The van der Waals surface area contributed by atoms with E-state index in [2.05, 4.69) is 54.5 Å². The molecule has 3 aromatic rings. The lowest BCUT2D eigenvalue weighted by atomic mass is 10.2. The van der Waals surface area contributed by atoms with Crippen LogP contribution in [0.5, 0.6) is 5.75 Å². The predicted octanol–water partition coefficient (Wildman–Crippen LogP) is 8.29. The van der Waals surface area contributed by atoms with E-state index in [0.29, 0.717) is 22.3 Å². The normalized spacial score (nSPS) is 14.9. The van der Waals surface area contributed by atoms with Crippen molar-refractivity contribution in [3.8, 4) is 5.75 Å². The lowest BCUT2D eigenvalue weighted by Gasteiger charge is -2.13. The minimum absolute atomic E-state index is 0.206. The van der Waals surface area contributed by atoms with Gasteiger partial charge < -0.3 is 4.74 Å². The number of hydrogen-bond acceptors (Lipinski definition) is 4. The molecule has 2 amide bonds. The summed E-state index contributed by atoms with van der Waals surface area (Å²) in [5.74, 6) is 0.354. The largest absolute Gasteiger partial charge is 0.487 e. The number of nitrogens with zero attached hydrogens (tertiary/aromatic N) is 1. The molecule has 0 radical (unpaired) electrons. The maximum Gasteiger partial charge on any atom is 0.293 e. The zero-order valence-corrected chi connectivity index (χ0v) is 23.8. The van der Waals surface area contributed by atoms with E-state index in [9.17, 15) is 9.59 Å². The molecule has 1 heterocycles. The molecule has 0 saturated carbocycles. The van der Waals surface area contributed by atoms with Crippen molar-refractivity contribution in [3.63, 3.8) is 0 Å². The molecule has 0 atom stereocenters. The van der Waals surface area contributed by atoms with Crippen molar-refractivity contribution in [1.82, 2.24) is 4.90 Å². The van der Waals surface area contributed by atoms with Gasteiger partial charge in [0.15, 0.2) is 0 Å². The lowest BCUT2D eigenvalue weighted by molar-refractivity contribution is -0.123. The molecule has 1 aliphatic heterocycles. The Hall–Kier alpha value is -1.33. The maximum absolute atomic E-state index is 12.9. The number of carbonyl (C=O) groups is 2. The summed E-state index contributed by atoms with van der Waals surface area (Å²) in [7, 11) is 0. The Morgan fingerprint density at radius 3 is 2.21 bits per heavy atom. The Bertz CT molecular complexity index is 1230. The molecular weight excluding hydrogens is 704 g/mol. The number of carbonyl (C=O) groups excluding carboxylic acids is 2. The summed E-state index contributed by atoms with van der Waals surface area (Å²) < 4.78 is 8.64. The smallest absolute Gasteiger partial charge is 0.293 e. The monoisotopic (exact) mass is 717 g/mol. The first-order valence-corrected chi connectivity index (χ1v) is 13.5. The van der Waals surface area contributed by atoms with Gasteiger partial charge in [0.1, 0.15) is 12.4 Å². The number of thioether (sulfide) groups is 1. The van der Waals surface area contributed by atoms with Crippen LogP contribution in [-0.2, 0) is 17.9 Å². The van der Waals surface area contributed by atoms with Crippen LogP contribution >= 0.6 is 77.8 Å². The first-order chi connectivity index (χ1) is 15.8. The van der Waals surface area contributed by atoms with Crippen molar-refractivity contribution < 1.29 is 14.3 Å². The van der Waals surface area contributed by atoms with Crippen molar-refractivity contribution in [2.45, 2.75) is 13.2 Å². The van der Waals surface area contributed by atoms with Crippen LogP contribution in [0.3, 0.4) is 0 Å². The van der Waals surface area contributed by atoms with Crippen LogP contribution in [0.25, 0.3) is 6.08 Å². The van der Waals surface area contributed by atoms with Gasteiger partial charge in [-0.25, -0.2) is 0 Å². The fourth-order valence-electron chi connectivity index (χ4n) is 3.10. The lowest BCUT2D eigenvalue weighted by Crippen LogP contribution is -2.27. The van der Waals surface area contributed by atoms with Gasteiger partial charge in [0.25, 0.3) is 11.1 Å². The first-order valence-electron chi connectivity index (χ1n) is 9.66. The fourth-order valence-corrected chi connectivity index (χ4v) is 5.87. The van der Waals surface area contributed by atoms with Crippen LogP contribution in [-0.4, -0.2) is 16.0 Å². The van der Waals surface area contributed by atoms with E-state index in [1.54, 1.807) is 30.3 Å². The van der Waals surface area contributed by atoms with Crippen LogP contribution in [0.1, 0.15) is 16.7 Å². The molecule has 33 heavy (non-hydrogen) atoms. The molecule has 0 N–H and O–H groups in total. The Kier molecular flexibility index (Phi) is 8.22. The minimum Gasteiger partial charge on any atom is -0.487 e. The Labute approximate surface area is 231 Å². The third-order valence-corrected chi connectivity index (χ3v) is 7.80. The second-order valence-electron chi connectivity index (χ2n) is 7.12. The summed E-state index contributed by atoms with van der Waals surface area (Å²) in [6.07, 6.45) is 1.71. The third kappa shape index (κ3) is 6.22. The van der Waals surface area contributed by atoms with E-state index >= 15 is 0 Å².